The molecule has 7 heteroatoms. The van der Waals surface area contributed by atoms with E-state index >= 15 is 0 Å². The van der Waals surface area contributed by atoms with Gasteiger partial charge in [-0.1, -0.05) is 48.9 Å². The van der Waals surface area contributed by atoms with Crippen molar-refractivity contribution in [3.8, 4) is 17.2 Å². The van der Waals surface area contributed by atoms with Gasteiger partial charge in [-0.3, -0.25) is 14.8 Å². The topological polar surface area (TPSA) is 96.9 Å². The maximum Gasteiger partial charge on any atom is 0.265 e. The maximum absolute atomic E-state index is 12.9. The number of anilines is 1. The molecule has 0 bridgehead atoms. The number of ether oxygens (including phenoxy) is 2. The van der Waals surface area contributed by atoms with Gasteiger partial charge >= 0.3 is 0 Å². The normalized spacial score (nSPS) is 11.3. The Morgan fingerprint density at radius 1 is 0.788 bits per heavy atom. The molecule has 0 aliphatic rings. The van der Waals surface area contributed by atoms with Crippen molar-refractivity contribution in [1.29, 1.82) is 0 Å². The van der Waals surface area contributed by atoms with E-state index < -0.39 is 12.0 Å². The molecule has 7 nitrogen and oxygen atoms in total. The summed E-state index contributed by atoms with van der Waals surface area (Å²) in [6.07, 6.45) is 2.01. The summed E-state index contributed by atoms with van der Waals surface area (Å²) in [7, 11) is 0. The number of carbonyl (C=O) groups is 2. The van der Waals surface area contributed by atoms with Gasteiger partial charge in [0.2, 0.25) is 5.91 Å². The molecule has 3 aromatic carbocycles. The first kappa shape index (κ1) is 23.8. The van der Waals surface area contributed by atoms with Crippen LogP contribution in [-0.2, 0) is 9.59 Å². The van der Waals surface area contributed by atoms with Gasteiger partial charge in [0.15, 0.2) is 6.10 Å². The second-order valence-corrected chi connectivity index (χ2v) is 7.49. The van der Waals surface area contributed by atoms with E-state index in [0.29, 0.717) is 42.2 Å². The molecule has 0 aromatic heterocycles. The summed E-state index contributed by atoms with van der Waals surface area (Å²) < 4.78 is 11.9. The van der Waals surface area contributed by atoms with Crippen LogP contribution in [0, 0.1) is 0 Å². The van der Waals surface area contributed by atoms with Crippen LogP contribution in [0.1, 0.15) is 32.1 Å². The van der Waals surface area contributed by atoms with E-state index in [-0.39, 0.29) is 12.3 Å². The second-order valence-electron chi connectivity index (χ2n) is 7.49. The Morgan fingerprint density at radius 3 is 2.18 bits per heavy atom. The summed E-state index contributed by atoms with van der Waals surface area (Å²) in [5.74, 6) is 1.18. The van der Waals surface area contributed by atoms with Gasteiger partial charge in [0.05, 0.1) is 0 Å². The minimum absolute atomic E-state index is 0.233. The molecule has 1 atom stereocenters. The molecule has 33 heavy (non-hydrogen) atoms. The lowest BCUT2D eigenvalue weighted by Crippen LogP contribution is -2.33. The van der Waals surface area contributed by atoms with Crippen LogP contribution in [0.25, 0.3) is 0 Å². The third-order valence-corrected chi connectivity index (χ3v) is 4.89. The highest BCUT2D eigenvalue weighted by molar-refractivity contribution is 5.94. The maximum atomic E-state index is 12.9. The molecule has 0 radical (unpaired) electrons. The molecule has 0 saturated heterocycles. The summed E-state index contributed by atoms with van der Waals surface area (Å²) in [6, 6.07) is 25.8. The first-order valence-electron chi connectivity index (χ1n) is 10.9. The first-order valence-corrected chi connectivity index (χ1v) is 10.9. The van der Waals surface area contributed by atoms with E-state index in [0.717, 1.165) is 6.42 Å². The van der Waals surface area contributed by atoms with Crippen LogP contribution in [0.3, 0.4) is 0 Å². The van der Waals surface area contributed by atoms with Crippen LogP contribution in [-0.4, -0.2) is 23.1 Å². The number of benzene rings is 3. The third kappa shape index (κ3) is 8.31. The molecule has 0 aliphatic heterocycles. The fourth-order valence-corrected chi connectivity index (χ4v) is 3.24. The molecule has 3 rings (SSSR count). The Bertz CT molecular complexity index is 1010. The largest absolute Gasteiger partial charge is 0.480 e. The van der Waals surface area contributed by atoms with Gasteiger partial charge in [0.1, 0.15) is 17.2 Å². The van der Waals surface area contributed by atoms with Crippen molar-refractivity contribution in [3.05, 3.63) is 84.9 Å². The minimum atomic E-state index is -0.719. The number of amides is 2. The molecular formula is C26H28N2O5. The zero-order valence-corrected chi connectivity index (χ0v) is 18.3. The zero-order chi connectivity index (χ0) is 23.3. The molecule has 172 valence electrons. The molecule has 0 aliphatic carbocycles. The van der Waals surface area contributed by atoms with Crippen LogP contribution in [0.5, 0.6) is 17.2 Å². The Hall–Kier alpha value is -3.84. The van der Waals surface area contributed by atoms with Gasteiger partial charge in [-0.05, 0) is 55.7 Å². The summed E-state index contributed by atoms with van der Waals surface area (Å²) >= 11 is 0. The SMILES string of the molecule is O=C(CCCCCC(Oc1cccc(Oc2ccccc2)c1)C(=O)Nc1ccccc1)NO. The van der Waals surface area contributed by atoms with Crippen LogP contribution >= 0.6 is 0 Å². The highest BCUT2D eigenvalue weighted by atomic mass is 16.5. The van der Waals surface area contributed by atoms with E-state index in [2.05, 4.69) is 5.32 Å². The molecule has 1 unspecified atom stereocenters. The Morgan fingerprint density at radius 2 is 1.45 bits per heavy atom. The predicted octanol–water partition coefficient (Wildman–Crippen LogP) is 5.32. The van der Waals surface area contributed by atoms with Gasteiger partial charge in [-0.25, -0.2) is 5.48 Å². The van der Waals surface area contributed by atoms with Gasteiger partial charge in [-0.15, -0.1) is 0 Å². The minimum Gasteiger partial charge on any atom is -0.480 e. The number of unbranched alkanes of at least 4 members (excludes halogenated alkanes) is 2. The summed E-state index contributed by atoms with van der Waals surface area (Å²) in [4.78, 5) is 24.1. The fourth-order valence-electron chi connectivity index (χ4n) is 3.24. The number of nitrogens with one attached hydrogen (secondary N) is 2. The number of hydroxylamine groups is 1. The van der Waals surface area contributed by atoms with Crippen molar-refractivity contribution in [2.75, 3.05) is 5.32 Å². The van der Waals surface area contributed by atoms with Crippen molar-refractivity contribution in [2.24, 2.45) is 0 Å². The van der Waals surface area contributed by atoms with Crippen molar-refractivity contribution < 1.29 is 24.3 Å². The highest BCUT2D eigenvalue weighted by Crippen LogP contribution is 2.26. The molecular weight excluding hydrogens is 420 g/mol. The molecule has 3 aromatic rings. The third-order valence-electron chi connectivity index (χ3n) is 4.89. The monoisotopic (exact) mass is 448 g/mol. The number of para-hydroxylation sites is 2. The highest BCUT2D eigenvalue weighted by Gasteiger charge is 2.21. The van der Waals surface area contributed by atoms with Crippen molar-refractivity contribution in [2.45, 2.75) is 38.2 Å². The summed E-state index contributed by atoms with van der Waals surface area (Å²) in [5.41, 5.74) is 2.32. The average Bonchev–Trinajstić information content (AvgIpc) is 2.84. The zero-order valence-electron chi connectivity index (χ0n) is 18.3. The van der Waals surface area contributed by atoms with Gasteiger partial charge in [0.25, 0.3) is 5.91 Å². The molecule has 0 fully saturated rings. The quantitative estimate of drug-likeness (QED) is 0.198. The van der Waals surface area contributed by atoms with E-state index in [1.807, 2.05) is 72.8 Å². The predicted molar refractivity (Wildman–Crippen MR) is 125 cm³/mol. The molecule has 2 amide bonds. The fraction of sp³-hybridized carbons (Fsp3) is 0.231. The van der Waals surface area contributed by atoms with Crippen molar-refractivity contribution in [1.82, 2.24) is 5.48 Å². The van der Waals surface area contributed by atoms with E-state index in [4.69, 9.17) is 14.7 Å². The Kier molecular flexibility index (Phi) is 9.29. The van der Waals surface area contributed by atoms with Crippen LogP contribution in [0.4, 0.5) is 5.69 Å². The summed E-state index contributed by atoms with van der Waals surface area (Å²) in [5, 5.41) is 11.5. The standard InChI is InChI=1S/C26H28N2O5/c29-25(28-31)18-9-3-8-17-24(26(30)27-20-11-4-1-5-12-20)33-23-16-10-15-22(19-23)32-21-13-6-2-7-14-21/h1-2,4-7,10-16,19,24,31H,3,8-9,17-18H2,(H,27,30)(H,28,29). The number of carbonyl (C=O) groups excluding carboxylic acids is 2. The van der Waals surface area contributed by atoms with Gasteiger partial charge < -0.3 is 14.8 Å². The van der Waals surface area contributed by atoms with E-state index in [1.165, 1.54) is 0 Å². The van der Waals surface area contributed by atoms with Crippen molar-refractivity contribution >= 4 is 17.5 Å². The lowest BCUT2D eigenvalue weighted by Gasteiger charge is -2.19. The van der Waals surface area contributed by atoms with Gasteiger partial charge in [0, 0.05) is 18.2 Å². The molecule has 0 spiro atoms. The number of rotatable bonds is 12. The smallest absolute Gasteiger partial charge is 0.265 e. The average molecular weight is 449 g/mol. The Balaban J connectivity index is 1.64. The Labute approximate surface area is 193 Å². The van der Waals surface area contributed by atoms with Crippen LogP contribution in [0.2, 0.25) is 0 Å². The number of hydrogen-bond donors (Lipinski definition) is 3. The van der Waals surface area contributed by atoms with Gasteiger partial charge in [-0.2, -0.15) is 0 Å². The number of hydrogen-bond acceptors (Lipinski definition) is 5. The van der Waals surface area contributed by atoms with E-state index in [1.54, 1.807) is 17.6 Å². The first-order chi connectivity index (χ1) is 16.1. The lowest BCUT2D eigenvalue weighted by atomic mass is 10.1. The van der Waals surface area contributed by atoms with Crippen molar-refractivity contribution in [3.63, 3.8) is 0 Å². The van der Waals surface area contributed by atoms with E-state index in [9.17, 15) is 9.59 Å². The molecule has 3 N–H and O–H groups in total. The lowest BCUT2D eigenvalue weighted by molar-refractivity contribution is -0.129. The second kappa shape index (κ2) is 12.9. The molecule has 0 heterocycles. The molecule has 0 saturated carbocycles. The summed E-state index contributed by atoms with van der Waals surface area (Å²) in [6.45, 7) is 0. The van der Waals surface area contributed by atoms with Crippen LogP contribution < -0.4 is 20.3 Å². The van der Waals surface area contributed by atoms with Crippen LogP contribution in [0.15, 0.2) is 84.9 Å².